The van der Waals surface area contributed by atoms with E-state index in [1.54, 1.807) is 18.3 Å². The zero-order valence-corrected chi connectivity index (χ0v) is 10.3. The van der Waals surface area contributed by atoms with Gasteiger partial charge in [-0.1, -0.05) is 0 Å². The number of nitrogens with zero attached hydrogens (tertiary/aromatic N) is 2. The van der Waals surface area contributed by atoms with Crippen LogP contribution in [0.15, 0.2) is 18.3 Å². The molecule has 1 unspecified atom stereocenters. The summed E-state index contributed by atoms with van der Waals surface area (Å²) in [4.78, 5) is 18.0. The van der Waals surface area contributed by atoms with Crippen molar-refractivity contribution in [2.75, 3.05) is 38.3 Å². The van der Waals surface area contributed by atoms with Gasteiger partial charge in [-0.3, -0.25) is 0 Å². The molecule has 0 aromatic carbocycles. The second kappa shape index (κ2) is 5.79. The first-order valence-electron chi connectivity index (χ1n) is 5.86. The maximum Gasteiger partial charge on any atom is 0.341 e. The van der Waals surface area contributed by atoms with E-state index in [4.69, 9.17) is 15.2 Å². The van der Waals surface area contributed by atoms with Crippen LogP contribution in [-0.4, -0.2) is 50.4 Å². The van der Waals surface area contributed by atoms with Gasteiger partial charge in [-0.2, -0.15) is 0 Å². The fourth-order valence-electron chi connectivity index (χ4n) is 1.97. The third kappa shape index (κ3) is 2.60. The number of anilines is 1. The first-order valence-corrected chi connectivity index (χ1v) is 5.86. The van der Waals surface area contributed by atoms with Crippen LogP contribution in [0.5, 0.6) is 0 Å². The summed E-state index contributed by atoms with van der Waals surface area (Å²) < 4.78 is 10.3. The molecule has 1 aliphatic heterocycles. The Bertz CT molecular complexity index is 425. The number of hydrogen-bond donors (Lipinski definition) is 1. The summed E-state index contributed by atoms with van der Waals surface area (Å²) in [5.41, 5.74) is 6.07. The number of carbonyl (C=O) groups excluding carboxylic acids is 1. The van der Waals surface area contributed by atoms with Gasteiger partial charge in [0.05, 0.1) is 19.8 Å². The number of methoxy groups -OCH3 is 1. The van der Waals surface area contributed by atoms with E-state index in [2.05, 4.69) is 4.98 Å². The first-order chi connectivity index (χ1) is 8.76. The molecule has 18 heavy (non-hydrogen) atoms. The van der Waals surface area contributed by atoms with Crippen molar-refractivity contribution < 1.29 is 14.3 Å². The average molecular weight is 251 g/mol. The molecule has 6 nitrogen and oxygen atoms in total. The highest BCUT2D eigenvalue weighted by Gasteiger charge is 2.24. The van der Waals surface area contributed by atoms with Crippen LogP contribution < -0.4 is 10.6 Å². The van der Waals surface area contributed by atoms with E-state index in [0.717, 1.165) is 0 Å². The quantitative estimate of drug-likeness (QED) is 0.764. The Balaban J connectivity index is 2.24. The van der Waals surface area contributed by atoms with E-state index < -0.39 is 0 Å². The van der Waals surface area contributed by atoms with Crippen molar-refractivity contribution in [3.05, 3.63) is 23.9 Å². The molecule has 1 aromatic heterocycles. The maximum atomic E-state index is 11.7. The highest BCUT2D eigenvalue weighted by molar-refractivity contribution is 5.94. The van der Waals surface area contributed by atoms with Crippen LogP contribution in [0, 0.1) is 0 Å². The minimum atomic E-state index is -0.381. The maximum absolute atomic E-state index is 11.7. The van der Waals surface area contributed by atoms with Crippen LogP contribution in [0.25, 0.3) is 0 Å². The molecule has 1 aromatic rings. The van der Waals surface area contributed by atoms with E-state index >= 15 is 0 Å². The Morgan fingerprint density at radius 3 is 3.28 bits per heavy atom. The van der Waals surface area contributed by atoms with Gasteiger partial charge in [-0.25, -0.2) is 9.78 Å². The number of carbonyl (C=O) groups is 1. The van der Waals surface area contributed by atoms with Crippen molar-refractivity contribution in [2.45, 2.75) is 6.10 Å². The van der Waals surface area contributed by atoms with Crippen LogP contribution in [0.1, 0.15) is 10.4 Å². The molecule has 1 aliphatic rings. The smallest absolute Gasteiger partial charge is 0.341 e. The van der Waals surface area contributed by atoms with Gasteiger partial charge in [0.15, 0.2) is 0 Å². The van der Waals surface area contributed by atoms with E-state index in [1.165, 1.54) is 7.11 Å². The number of pyridine rings is 1. The van der Waals surface area contributed by atoms with E-state index in [-0.39, 0.29) is 12.1 Å². The zero-order valence-electron chi connectivity index (χ0n) is 10.3. The SMILES string of the molecule is COC(=O)c1cccnc1N1CCOC(CN)C1. The van der Waals surface area contributed by atoms with Crippen LogP contribution in [0.4, 0.5) is 5.82 Å². The van der Waals surface area contributed by atoms with Gasteiger partial charge in [0.1, 0.15) is 11.4 Å². The lowest BCUT2D eigenvalue weighted by Crippen LogP contribution is -2.46. The van der Waals surface area contributed by atoms with E-state index in [9.17, 15) is 4.79 Å². The van der Waals surface area contributed by atoms with E-state index in [1.807, 2.05) is 4.90 Å². The van der Waals surface area contributed by atoms with Crippen molar-refractivity contribution >= 4 is 11.8 Å². The number of aromatic nitrogens is 1. The Morgan fingerprint density at radius 1 is 1.72 bits per heavy atom. The summed E-state index contributed by atoms with van der Waals surface area (Å²) in [6.07, 6.45) is 1.64. The van der Waals surface area contributed by atoms with Crippen molar-refractivity contribution in [3.63, 3.8) is 0 Å². The molecular formula is C12H17N3O3. The highest BCUT2D eigenvalue weighted by atomic mass is 16.5. The molecule has 98 valence electrons. The second-order valence-corrected chi connectivity index (χ2v) is 4.04. The van der Waals surface area contributed by atoms with Crippen molar-refractivity contribution in [1.29, 1.82) is 0 Å². The van der Waals surface area contributed by atoms with Gasteiger partial charge >= 0.3 is 5.97 Å². The topological polar surface area (TPSA) is 77.7 Å². The monoisotopic (exact) mass is 251 g/mol. The molecule has 1 atom stereocenters. The van der Waals surface area contributed by atoms with Gasteiger partial charge in [0, 0.05) is 25.8 Å². The highest BCUT2D eigenvalue weighted by Crippen LogP contribution is 2.20. The summed E-state index contributed by atoms with van der Waals surface area (Å²) >= 11 is 0. The molecule has 2 heterocycles. The molecule has 0 aliphatic carbocycles. The fraction of sp³-hybridized carbons (Fsp3) is 0.500. The molecular weight excluding hydrogens is 234 g/mol. The number of nitrogens with two attached hydrogens (primary N) is 1. The summed E-state index contributed by atoms with van der Waals surface area (Å²) in [6, 6.07) is 3.43. The lowest BCUT2D eigenvalue weighted by molar-refractivity contribution is 0.0457. The van der Waals surface area contributed by atoms with Crippen LogP contribution in [0.2, 0.25) is 0 Å². The van der Waals surface area contributed by atoms with Crippen molar-refractivity contribution in [2.24, 2.45) is 5.73 Å². The predicted molar refractivity (Wildman–Crippen MR) is 66.6 cm³/mol. The number of morpholine rings is 1. The van der Waals surface area contributed by atoms with E-state index in [0.29, 0.717) is 37.6 Å². The summed E-state index contributed by atoms with van der Waals surface area (Å²) in [5, 5.41) is 0. The third-order valence-electron chi connectivity index (χ3n) is 2.89. The van der Waals surface area contributed by atoms with Gasteiger partial charge in [-0.05, 0) is 12.1 Å². The molecule has 0 radical (unpaired) electrons. The summed E-state index contributed by atoms with van der Waals surface area (Å²) in [6.45, 7) is 2.37. The largest absolute Gasteiger partial charge is 0.465 e. The molecule has 0 saturated carbocycles. The fourth-order valence-corrected chi connectivity index (χ4v) is 1.97. The molecule has 2 N–H and O–H groups in total. The van der Waals surface area contributed by atoms with Crippen molar-refractivity contribution in [1.82, 2.24) is 4.98 Å². The normalized spacial score (nSPS) is 19.7. The molecule has 0 spiro atoms. The van der Waals surface area contributed by atoms with Gasteiger partial charge < -0.3 is 20.1 Å². The lowest BCUT2D eigenvalue weighted by atomic mass is 10.2. The molecule has 2 rings (SSSR count). The van der Waals surface area contributed by atoms with Gasteiger partial charge in [0.25, 0.3) is 0 Å². The van der Waals surface area contributed by atoms with Crippen LogP contribution in [-0.2, 0) is 9.47 Å². The van der Waals surface area contributed by atoms with Crippen molar-refractivity contribution in [3.8, 4) is 0 Å². The minimum absolute atomic E-state index is 0.0220. The van der Waals surface area contributed by atoms with Gasteiger partial charge in [-0.15, -0.1) is 0 Å². The second-order valence-electron chi connectivity index (χ2n) is 4.04. The Labute approximate surface area is 106 Å². The number of ether oxygens (including phenoxy) is 2. The first kappa shape index (κ1) is 12.8. The minimum Gasteiger partial charge on any atom is -0.465 e. The molecule has 6 heteroatoms. The Morgan fingerprint density at radius 2 is 2.56 bits per heavy atom. The molecule has 0 amide bonds. The predicted octanol–water partition coefficient (Wildman–Crippen LogP) is 0.0321. The third-order valence-corrected chi connectivity index (χ3v) is 2.89. The van der Waals surface area contributed by atoms with Crippen LogP contribution >= 0.6 is 0 Å². The lowest BCUT2D eigenvalue weighted by Gasteiger charge is -2.33. The molecule has 1 saturated heterocycles. The summed E-state index contributed by atoms with van der Waals surface area (Å²) in [5.74, 6) is 0.250. The summed E-state index contributed by atoms with van der Waals surface area (Å²) in [7, 11) is 1.36. The van der Waals surface area contributed by atoms with Crippen LogP contribution in [0.3, 0.4) is 0 Å². The number of esters is 1. The Hall–Kier alpha value is -1.66. The van der Waals surface area contributed by atoms with Gasteiger partial charge in [0.2, 0.25) is 0 Å². The number of rotatable bonds is 3. The number of hydrogen-bond acceptors (Lipinski definition) is 6. The average Bonchev–Trinajstić information content (AvgIpc) is 2.46. The standard InChI is InChI=1S/C12H17N3O3/c1-17-12(16)10-3-2-4-14-11(10)15-5-6-18-9(7-13)8-15/h2-4,9H,5-8,13H2,1H3. The zero-order chi connectivity index (χ0) is 13.0. The Kier molecular flexibility index (Phi) is 4.11. The molecule has 0 bridgehead atoms. The molecule has 1 fully saturated rings.